The minimum atomic E-state index is -1.14. The van der Waals surface area contributed by atoms with E-state index in [4.69, 9.17) is 20.3 Å². The highest BCUT2D eigenvalue weighted by molar-refractivity contribution is 5.97. The van der Waals surface area contributed by atoms with Crippen molar-refractivity contribution in [1.29, 1.82) is 0 Å². The van der Waals surface area contributed by atoms with Crippen LogP contribution in [0.1, 0.15) is 35.9 Å². The Kier molecular flexibility index (Phi) is 7.60. The lowest BCUT2D eigenvalue weighted by atomic mass is 10.0. The van der Waals surface area contributed by atoms with Crippen molar-refractivity contribution < 1.29 is 24.2 Å². The Labute approximate surface area is 184 Å². The molecule has 1 aliphatic rings. The molecule has 2 aromatic heterocycles. The van der Waals surface area contributed by atoms with Gasteiger partial charge in [-0.05, 0) is 25.0 Å². The number of hydrogen-bond donors (Lipinski definition) is 5. The zero-order valence-corrected chi connectivity index (χ0v) is 17.9. The molecule has 0 bridgehead atoms. The number of carboxylic acid groups (broad SMARTS) is 1. The van der Waals surface area contributed by atoms with Crippen molar-refractivity contribution in [3.05, 3.63) is 29.6 Å². The summed E-state index contributed by atoms with van der Waals surface area (Å²) in [5, 5.41) is 25.7. The molecule has 2 atom stereocenters. The molecule has 0 spiro atoms. The predicted octanol–water partition coefficient (Wildman–Crippen LogP) is 1.51. The first-order valence-electron chi connectivity index (χ1n) is 10.2. The number of nitrogens with two attached hydrogens (primary N) is 1. The van der Waals surface area contributed by atoms with Crippen LogP contribution in [0.2, 0.25) is 0 Å². The van der Waals surface area contributed by atoms with Crippen LogP contribution in [0.15, 0.2) is 18.2 Å². The van der Waals surface area contributed by atoms with E-state index in [2.05, 4.69) is 31.1 Å². The van der Waals surface area contributed by atoms with Gasteiger partial charge < -0.3 is 36.3 Å². The van der Waals surface area contributed by atoms with E-state index in [1.165, 1.54) is 0 Å². The second-order valence-corrected chi connectivity index (χ2v) is 7.25. The van der Waals surface area contributed by atoms with Gasteiger partial charge in [-0.2, -0.15) is 0 Å². The van der Waals surface area contributed by atoms with Gasteiger partial charge in [0.2, 0.25) is 0 Å². The van der Waals surface area contributed by atoms with Gasteiger partial charge in [0, 0.05) is 12.7 Å². The number of ether oxygens (including phenoxy) is 2. The Balaban J connectivity index is 1.86. The smallest absolute Gasteiger partial charge is 0.405 e. The quantitative estimate of drug-likeness (QED) is 0.380. The highest BCUT2D eigenvalue weighted by Crippen LogP contribution is 2.25. The molecule has 0 saturated carbocycles. The van der Waals surface area contributed by atoms with Crippen LogP contribution >= 0.6 is 0 Å². The fourth-order valence-corrected chi connectivity index (χ4v) is 3.44. The van der Waals surface area contributed by atoms with E-state index in [9.17, 15) is 9.59 Å². The summed E-state index contributed by atoms with van der Waals surface area (Å²) in [4.78, 5) is 27.5. The number of aryl methyl sites for hydroxylation is 1. The number of methoxy groups -OCH3 is 1. The van der Waals surface area contributed by atoms with Crippen molar-refractivity contribution in [3.8, 4) is 5.75 Å². The van der Waals surface area contributed by atoms with E-state index in [1.54, 1.807) is 25.3 Å². The molecule has 3 heterocycles. The zero-order valence-electron chi connectivity index (χ0n) is 17.9. The first-order valence-corrected chi connectivity index (χ1v) is 10.2. The normalized spacial score (nSPS) is 17.9. The Bertz CT molecular complexity index is 971. The maximum atomic E-state index is 11.9. The summed E-state index contributed by atoms with van der Waals surface area (Å²) < 4.78 is 10.7. The third kappa shape index (κ3) is 5.72. The van der Waals surface area contributed by atoms with Crippen LogP contribution in [0.5, 0.6) is 5.75 Å². The van der Waals surface area contributed by atoms with Gasteiger partial charge in [0.1, 0.15) is 11.6 Å². The van der Waals surface area contributed by atoms with Crippen molar-refractivity contribution in [2.75, 3.05) is 31.0 Å². The van der Waals surface area contributed by atoms with Crippen molar-refractivity contribution in [2.24, 2.45) is 5.73 Å². The molecule has 12 heteroatoms. The van der Waals surface area contributed by atoms with E-state index in [0.717, 1.165) is 18.5 Å². The zero-order chi connectivity index (χ0) is 23.1. The molecular formula is C20H27N7O5. The van der Waals surface area contributed by atoms with Gasteiger partial charge in [0.05, 0.1) is 37.2 Å². The molecule has 172 valence electrons. The van der Waals surface area contributed by atoms with E-state index in [-0.39, 0.29) is 18.3 Å². The lowest BCUT2D eigenvalue weighted by molar-refractivity contribution is 0.0625. The van der Waals surface area contributed by atoms with Gasteiger partial charge in [0.15, 0.2) is 11.5 Å². The van der Waals surface area contributed by atoms with E-state index < -0.39 is 18.0 Å². The van der Waals surface area contributed by atoms with Gasteiger partial charge in [-0.25, -0.2) is 9.78 Å². The van der Waals surface area contributed by atoms with Crippen molar-refractivity contribution in [3.63, 3.8) is 0 Å². The largest absolute Gasteiger partial charge is 0.495 e. The summed E-state index contributed by atoms with van der Waals surface area (Å²) in [6, 6.07) is 4.38. The number of aromatic nitrogens is 3. The minimum absolute atomic E-state index is 0.0441. The predicted molar refractivity (Wildman–Crippen MR) is 116 cm³/mol. The number of pyridine rings is 1. The molecule has 0 aromatic carbocycles. The maximum absolute atomic E-state index is 11.9. The molecule has 3 rings (SSSR count). The van der Waals surface area contributed by atoms with Gasteiger partial charge in [-0.1, -0.05) is 13.3 Å². The third-order valence-electron chi connectivity index (χ3n) is 4.93. The van der Waals surface area contributed by atoms with Crippen LogP contribution in [0.25, 0.3) is 0 Å². The molecule has 12 nitrogen and oxygen atoms in total. The number of anilines is 3. The average molecular weight is 445 g/mol. The summed E-state index contributed by atoms with van der Waals surface area (Å²) in [6.45, 7) is 2.75. The highest BCUT2D eigenvalue weighted by Gasteiger charge is 2.28. The molecule has 0 aliphatic carbocycles. The van der Waals surface area contributed by atoms with Crippen LogP contribution in [0, 0.1) is 0 Å². The second kappa shape index (κ2) is 10.6. The van der Waals surface area contributed by atoms with Crippen molar-refractivity contribution in [2.45, 2.75) is 38.3 Å². The van der Waals surface area contributed by atoms with Crippen LogP contribution in [0.3, 0.4) is 0 Å². The van der Waals surface area contributed by atoms with Gasteiger partial charge in [-0.3, -0.25) is 4.79 Å². The number of nitrogens with one attached hydrogen (secondary N) is 3. The Hall–Kier alpha value is -3.67. The number of amides is 2. The minimum Gasteiger partial charge on any atom is -0.495 e. The first-order chi connectivity index (χ1) is 15.4. The molecule has 32 heavy (non-hydrogen) atoms. The summed E-state index contributed by atoms with van der Waals surface area (Å²) in [5.74, 6) is 0.778. The number of nitrogens with zero attached hydrogens (tertiary/aromatic N) is 3. The average Bonchev–Trinajstić information content (AvgIpc) is 2.75. The summed E-state index contributed by atoms with van der Waals surface area (Å²) in [7, 11) is 1.59. The number of hydrogen-bond acceptors (Lipinski definition) is 9. The van der Waals surface area contributed by atoms with Crippen LogP contribution in [-0.4, -0.2) is 64.7 Å². The SMILES string of the molecule is CCCc1nc(Nc2cc(N[C@@H]3CCOC[C@@H]3NC(=O)O)nnc2C(N)=O)ccc1OC. The lowest BCUT2D eigenvalue weighted by Crippen LogP contribution is -2.52. The molecular weight excluding hydrogens is 418 g/mol. The van der Waals surface area contributed by atoms with Crippen LogP contribution in [-0.2, 0) is 11.2 Å². The number of carbonyl (C=O) groups excluding carboxylic acids is 1. The fraction of sp³-hybridized carbons (Fsp3) is 0.450. The van der Waals surface area contributed by atoms with Crippen LogP contribution in [0.4, 0.5) is 22.1 Å². The van der Waals surface area contributed by atoms with E-state index >= 15 is 0 Å². The highest BCUT2D eigenvalue weighted by atomic mass is 16.5. The standard InChI is InChI=1S/C20H27N7O5/c1-3-4-12-15(31-2)5-6-16(23-12)24-13-9-17(26-27-18(13)19(21)28)22-11-7-8-32-10-14(11)25-20(29)30/h5-6,9,11,14,25H,3-4,7-8,10H2,1-2H3,(H2,21,28)(H,29,30)(H2,22,23,24,26)/t11-,14+/m1/s1. The molecule has 6 N–H and O–H groups in total. The number of carbonyl (C=O) groups is 2. The lowest BCUT2D eigenvalue weighted by Gasteiger charge is -2.32. The Morgan fingerprint density at radius 2 is 2.09 bits per heavy atom. The number of rotatable bonds is 9. The maximum Gasteiger partial charge on any atom is 0.405 e. The molecule has 0 unspecified atom stereocenters. The molecule has 0 radical (unpaired) electrons. The molecule has 1 fully saturated rings. The van der Waals surface area contributed by atoms with E-state index in [0.29, 0.717) is 36.1 Å². The Morgan fingerprint density at radius 3 is 2.78 bits per heavy atom. The summed E-state index contributed by atoms with van der Waals surface area (Å²) in [5.41, 5.74) is 6.53. The fourth-order valence-electron chi connectivity index (χ4n) is 3.44. The molecule has 2 amide bonds. The molecule has 2 aromatic rings. The summed E-state index contributed by atoms with van der Waals surface area (Å²) in [6.07, 6.45) is 1.04. The van der Waals surface area contributed by atoms with Crippen LogP contribution < -0.4 is 26.4 Å². The third-order valence-corrected chi connectivity index (χ3v) is 4.93. The molecule has 1 saturated heterocycles. The van der Waals surface area contributed by atoms with E-state index in [1.807, 2.05) is 6.92 Å². The van der Waals surface area contributed by atoms with Crippen molar-refractivity contribution in [1.82, 2.24) is 20.5 Å². The monoisotopic (exact) mass is 445 g/mol. The van der Waals surface area contributed by atoms with Gasteiger partial charge >= 0.3 is 6.09 Å². The number of primary amides is 1. The topological polar surface area (TPSA) is 174 Å². The Morgan fingerprint density at radius 1 is 1.28 bits per heavy atom. The van der Waals surface area contributed by atoms with Gasteiger partial charge in [-0.15, -0.1) is 10.2 Å². The summed E-state index contributed by atoms with van der Waals surface area (Å²) >= 11 is 0. The second-order valence-electron chi connectivity index (χ2n) is 7.25. The molecule has 1 aliphatic heterocycles. The van der Waals surface area contributed by atoms with Crippen molar-refractivity contribution >= 4 is 29.3 Å². The first kappa shape index (κ1) is 23.0. The van der Waals surface area contributed by atoms with Gasteiger partial charge in [0.25, 0.3) is 5.91 Å².